The Bertz CT molecular complexity index is 372. The first-order chi connectivity index (χ1) is 11.0. The normalized spacial score (nSPS) is 9.57. The first-order valence-corrected chi connectivity index (χ1v) is 8.67. The van der Waals surface area contributed by atoms with E-state index in [-0.39, 0.29) is 0 Å². The van der Waals surface area contributed by atoms with Crippen LogP contribution in [0.4, 0.5) is 5.69 Å². The van der Waals surface area contributed by atoms with E-state index in [9.17, 15) is 0 Å². The molecule has 1 rings (SSSR count). The van der Waals surface area contributed by atoms with Crippen molar-refractivity contribution in [3.05, 3.63) is 42.1 Å². The van der Waals surface area contributed by atoms with Gasteiger partial charge >= 0.3 is 0 Å². The zero-order chi connectivity index (χ0) is 18.7. The molecule has 0 amide bonds. The molecular formula is C20H38N2O. The van der Waals surface area contributed by atoms with Gasteiger partial charge in [0.15, 0.2) is 0 Å². The molecule has 0 aromatic heterocycles. The van der Waals surface area contributed by atoms with Crippen LogP contribution in [0.2, 0.25) is 0 Å². The summed E-state index contributed by atoms with van der Waals surface area (Å²) in [7, 11) is 0. The maximum atomic E-state index is 8.81. The van der Waals surface area contributed by atoms with Crippen LogP contribution in [0.25, 0.3) is 0 Å². The fourth-order valence-electron chi connectivity index (χ4n) is 1.54. The van der Waals surface area contributed by atoms with E-state index >= 15 is 0 Å². The van der Waals surface area contributed by atoms with Crippen molar-refractivity contribution in [2.45, 2.75) is 61.3 Å². The molecule has 23 heavy (non-hydrogen) atoms. The Morgan fingerprint density at radius 1 is 1.22 bits per heavy atom. The van der Waals surface area contributed by atoms with E-state index in [1.165, 1.54) is 12.5 Å². The Labute approximate surface area is 144 Å². The number of hydrogen-bond donors (Lipinski definition) is 2. The highest BCUT2D eigenvalue weighted by atomic mass is 16.1. The number of nitrogens with two attached hydrogens (primary N) is 1. The number of carbonyl (C=O) groups is 1. The predicted octanol–water partition coefficient (Wildman–Crippen LogP) is 5.55. The summed E-state index contributed by atoms with van der Waals surface area (Å²) in [6.45, 7) is 18.5. The van der Waals surface area contributed by atoms with Gasteiger partial charge in [-0.2, -0.15) is 0 Å². The van der Waals surface area contributed by atoms with Crippen LogP contribution in [-0.2, 0) is 4.79 Å². The van der Waals surface area contributed by atoms with Crippen molar-refractivity contribution in [2.24, 2.45) is 11.7 Å². The second-order valence-corrected chi connectivity index (χ2v) is 4.58. The first kappa shape index (κ1) is 26.3. The Balaban J connectivity index is -0.000000496. The molecule has 0 bridgehead atoms. The lowest BCUT2D eigenvalue weighted by Crippen LogP contribution is -2.10. The molecule has 0 heterocycles. The minimum Gasteiger partial charge on any atom is -0.359 e. The number of aldehydes is 1. The molecule has 3 N–H and O–H groups in total. The molecule has 0 fully saturated rings. The minimum atomic E-state index is 0.463. The van der Waals surface area contributed by atoms with Gasteiger partial charge in [0.05, 0.1) is 0 Å². The zero-order valence-electron chi connectivity index (χ0n) is 16.3. The van der Waals surface area contributed by atoms with Crippen LogP contribution in [0, 0.1) is 12.8 Å². The number of allylic oxidation sites excluding steroid dienone is 1. The maximum Gasteiger partial charge on any atom is 0.116 e. The fourth-order valence-corrected chi connectivity index (χ4v) is 1.54. The number of benzene rings is 1. The molecule has 0 unspecified atom stereocenters. The van der Waals surface area contributed by atoms with Gasteiger partial charge in [0.2, 0.25) is 0 Å². The molecule has 0 saturated heterocycles. The summed E-state index contributed by atoms with van der Waals surface area (Å²) in [4.78, 5) is 8.81. The zero-order valence-corrected chi connectivity index (χ0v) is 16.3. The standard InChI is InChI=1S/C14H22N2.C2H4O.2C2H6/c1-11-6-8-14(9-7-11)16-13(3)12(2)5-4-10-15;1-2-3;2*1-2/h6-9,12,16H,3-5,10,15H2,1-2H3;2H,1H3;2*1-2H3/t12-;;;/m0.../s1. The number of anilines is 1. The molecule has 1 atom stereocenters. The molecule has 0 aliphatic carbocycles. The average molecular weight is 323 g/mol. The van der Waals surface area contributed by atoms with Gasteiger partial charge < -0.3 is 15.8 Å². The van der Waals surface area contributed by atoms with Gasteiger partial charge in [-0.05, 0) is 51.3 Å². The molecule has 1 aromatic carbocycles. The van der Waals surface area contributed by atoms with Crippen molar-refractivity contribution in [3.8, 4) is 0 Å². The molecule has 3 heteroatoms. The first-order valence-electron chi connectivity index (χ1n) is 8.67. The quantitative estimate of drug-likeness (QED) is 0.675. The van der Waals surface area contributed by atoms with Gasteiger partial charge in [0.25, 0.3) is 0 Å². The Morgan fingerprint density at radius 2 is 1.65 bits per heavy atom. The highest BCUT2D eigenvalue weighted by molar-refractivity contribution is 5.48. The molecule has 0 saturated carbocycles. The van der Waals surface area contributed by atoms with Crippen LogP contribution in [0.5, 0.6) is 0 Å². The van der Waals surface area contributed by atoms with Crippen LogP contribution in [0.15, 0.2) is 36.5 Å². The molecule has 134 valence electrons. The Hall–Kier alpha value is -1.61. The van der Waals surface area contributed by atoms with E-state index in [1.54, 1.807) is 0 Å². The third-order valence-electron chi connectivity index (χ3n) is 2.79. The summed E-state index contributed by atoms with van der Waals surface area (Å²) in [6.07, 6.45) is 2.89. The average Bonchev–Trinajstić information content (AvgIpc) is 2.59. The van der Waals surface area contributed by atoms with Crippen LogP contribution in [-0.4, -0.2) is 12.8 Å². The summed E-state index contributed by atoms with van der Waals surface area (Å²) in [5.41, 5.74) is 8.94. The van der Waals surface area contributed by atoms with Gasteiger partial charge in [0, 0.05) is 11.4 Å². The second-order valence-electron chi connectivity index (χ2n) is 4.58. The molecule has 0 radical (unpaired) electrons. The number of carbonyl (C=O) groups excluding carboxylic acids is 1. The van der Waals surface area contributed by atoms with Crippen LogP contribution >= 0.6 is 0 Å². The monoisotopic (exact) mass is 322 g/mol. The summed E-state index contributed by atoms with van der Waals surface area (Å²) in [5, 5.41) is 3.34. The van der Waals surface area contributed by atoms with Crippen molar-refractivity contribution in [2.75, 3.05) is 11.9 Å². The van der Waals surface area contributed by atoms with Crippen LogP contribution in [0.1, 0.15) is 59.9 Å². The van der Waals surface area contributed by atoms with Crippen molar-refractivity contribution in [3.63, 3.8) is 0 Å². The summed E-state index contributed by atoms with van der Waals surface area (Å²) in [5.74, 6) is 0.463. The molecule has 3 nitrogen and oxygen atoms in total. The predicted molar refractivity (Wildman–Crippen MR) is 106 cm³/mol. The number of rotatable bonds is 6. The van der Waals surface area contributed by atoms with E-state index in [1.807, 2.05) is 27.7 Å². The summed E-state index contributed by atoms with van der Waals surface area (Å²) < 4.78 is 0. The Kier molecular flexibility index (Phi) is 23.3. The molecule has 0 aliphatic heterocycles. The largest absolute Gasteiger partial charge is 0.359 e. The molecular weight excluding hydrogens is 284 g/mol. The lowest BCUT2D eigenvalue weighted by molar-refractivity contribution is -0.106. The topological polar surface area (TPSA) is 55.1 Å². The highest BCUT2D eigenvalue weighted by Crippen LogP contribution is 2.18. The highest BCUT2D eigenvalue weighted by Gasteiger charge is 2.05. The lowest BCUT2D eigenvalue weighted by Gasteiger charge is -2.16. The smallest absolute Gasteiger partial charge is 0.116 e. The summed E-state index contributed by atoms with van der Waals surface area (Å²) >= 11 is 0. The SMILES string of the molecule is C=C(Nc1ccc(C)cc1)[C@@H](C)CCCN.CC.CC.CC=O. The third kappa shape index (κ3) is 16.6. The van der Waals surface area contributed by atoms with E-state index in [0.29, 0.717) is 5.92 Å². The van der Waals surface area contributed by atoms with E-state index in [0.717, 1.165) is 37.1 Å². The van der Waals surface area contributed by atoms with Crippen molar-refractivity contribution < 1.29 is 4.79 Å². The Morgan fingerprint density at radius 3 is 2.04 bits per heavy atom. The molecule has 1 aromatic rings. The third-order valence-corrected chi connectivity index (χ3v) is 2.79. The van der Waals surface area contributed by atoms with E-state index in [2.05, 4.69) is 50.0 Å². The number of nitrogens with one attached hydrogen (secondary N) is 1. The van der Waals surface area contributed by atoms with Gasteiger partial charge in [0.1, 0.15) is 6.29 Å². The van der Waals surface area contributed by atoms with Gasteiger partial charge in [-0.3, -0.25) is 0 Å². The number of hydrogen-bond acceptors (Lipinski definition) is 3. The van der Waals surface area contributed by atoms with Gasteiger partial charge in [-0.1, -0.05) is 58.9 Å². The van der Waals surface area contributed by atoms with E-state index < -0.39 is 0 Å². The minimum absolute atomic E-state index is 0.463. The van der Waals surface area contributed by atoms with Gasteiger partial charge in [-0.15, -0.1) is 0 Å². The van der Waals surface area contributed by atoms with Crippen molar-refractivity contribution >= 4 is 12.0 Å². The van der Waals surface area contributed by atoms with Crippen molar-refractivity contribution in [1.82, 2.24) is 0 Å². The van der Waals surface area contributed by atoms with Crippen molar-refractivity contribution in [1.29, 1.82) is 0 Å². The second kappa shape index (κ2) is 20.4. The summed E-state index contributed by atoms with van der Waals surface area (Å²) in [6, 6.07) is 8.35. The lowest BCUT2D eigenvalue weighted by atomic mass is 10.0. The van der Waals surface area contributed by atoms with Crippen LogP contribution in [0.3, 0.4) is 0 Å². The number of aryl methyl sites for hydroxylation is 1. The van der Waals surface area contributed by atoms with Gasteiger partial charge in [-0.25, -0.2) is 0 Å². The molecule has 0 aliphatic rings. The molecule has 0 spiro atoms. The maximum absolute atomic E-state index is 8.81. The fraction of sp³-hybridized carbons (Fsp3) is 0.550. The van der Waals surface area contributed by atoms with Crippen LogP contribution < -0.4 is 11.1 Å². The van der Waals surface area contributed by atoms with E-state index in [4.69, 9.17) is 10.5 Å².